The Labute approximate surface area is 111 Å². The van der Waals surface area contributed by atoms with E-state index in [4.69, 9.17) is 5.53 Å². The van der Waals surface area contributed by atoms with Crippen LogP contribution < -0.4 is 0 Å². The standard InChI is InChI=1S/C14H17FN4/c15-12-8-11-6-7-13(17-18-16)14(12)19(11)9-10-4-2-1-3-5-10/h1-5,11-14H,6-9H2/t11-,12-,13-,14-/m0/s1. The molecule has 4 nitrogen and oxygen atoms in total. The number of nitrogens with zero attached hydrogens (tertiary/aromatic N) is 4. The van der Waals surface area contributed by atoms with Crippen LogP contribution in [-0.4, -0.2) is 29.2 Å². The number of fused-ring (bicyclic) bond motifs is 2. The van der Waals surface area contributed by atoms with Crippen LogP contribution in [0.25, 0.3) is 10.4 Å². The predicted octanol–water partition coefficient (Wildman–Crippen LogP) is 3.44. The first-order valence-electron chi connectivity index (χ1n) is 6.77. The maximum atomic E-state index is 14.2. The van der Waals surface area contributed by atoms with Crippen LogP contribution in [0, 0.1) is 0 Å². The lowest BCUT2D eigenvalue weighted by Crippen LogP contribution is -2.48. The first-order valence-corrected chi connectivity index (χ1v) is 6.77. The van der Waals surface area contributed by atoms with Gasteiger partial charge in [0.05, 0.1) is 6.04 Å². The van der Waals surface area contributed by atoms with Crippen molar-refractivity contribution in [3.8, 4) is 0 Å². The average Bonchev–Trinajstić information content (AvgIpc) is 2.62. The van der Waals surface area contributed by atoms with Crippen LogP contribution in [0.15, 0.2) is 35.4 Å². The molecule has 0 amide bonds. The fourth-order valence-electron chi connectivity index (χ4n) is 3.49. The molecule has 0 spiro atoms. The smallest absolute Gasteiger partial charge is 0.117 e. The first-order chi connectivity index (χ1) is 9.29. The average molecular weight is 260 g/mol. The van der Waals surface area contributed by atoms with Crippen LogP contribution in [0.5, 0.6) is 0 Å². The normalized spacial score (nSPS) is 33.9. The number of halogens is 1. The van der Waals surface area contributed by atoms with Gasteiger partial charge in [-0.2, -0.15) is 0 Å². The van der Waals surface area contributed by atoms with Gasteiger partial charge in [0.15, 0.2) is 0 Å². The van der Waals surface area contributed by atoms with Crippen LogP contribution in [0.3, 0.4) is 0 Å². The van der Waals surface area contributed by atoms with Gasteiger partial charge in [-0.05, 0) is 30.4 Å². The lowest BCUT2D eigenvalue weighted by molar-refractivity contribution is 0.0936. The summed E-state index contributed by atoms with van der Waals surface area (Å²) < 4.78 is 14.2. The van der Waals surface area contributed by atoms with Crippen molar-refractivity contribution in [2.24, 2.45) is 5.11 Å². The van der Waals surface area contributed by atoms with Crippen LogP contribution in [0.1, 0.15) is 24.8 Å². The van der Waals surface area contributed by atoms with Crippen molar-refractivity contribution in [1.82, 2.24) is 4.90 Å². The number of azide groups is 1. The zero-order chi connectivity index (χ0) is 13.2. The molecule has 0 aromatic heterocycles. The Bertz CT molecular complexity index is 485. The summed E-state index contributed by atoms with van der Waals surface area (Å²) in [4.78, 5) is 5.08. The molecule has 2 aliphatic rings. The number of hydrogen-bond donors (Lipinski definition) is 0. The van der Waals surface area contributed by atoms with Crippen LogP contribution >= 0.6 is 0 Å². The van der Waals surface area contributed by atoms with E-state index in [9.17, 15) is 4.39 Å². The van der Waals surface area contributed by atoms with Gasteiger partial charge >= 0.3 is 0 Å². The molecule has 4 atom stereocenters. The maximum Gasteiger partial charge on any atom is 0.117 e. The van der Waals surface area contributed by atoms with Gasteiger partial charge in [-0.1, -0.05) is 35.4 Å². The van der Waals surface area contributed by atoms with Gasteiger partial charge in [0.2, 0.25) is 0 Å². The van der Waals surface area contributed by atoms with Crippen molar-refractivity contribution in [2.75, 3.05) is 0 Å². The maximum absolute atomic E-state index is 14.2. The van der Waals surface area contributed by atoms with Gasteiger partial charge < -0.3 is 0 Å². The summed E-state index contributed by atoms with van der Waals surface area (Å²) in [6.07, 6.45) is 1.44. The predicted molar refractivity (Wildman–Crippen MR) is 71.2 cm³/mol. The van der Waals surface area contributed by atoms with Crippen LogP contribution in [0.4, 0.5) is 4.39 Å². The number of benzene rings is 1. The Kier molecular flexibility index (Phi) is 3.40. The highest BCUT2D eigenvalue weighted by Gasteiger charge is 2.48. The molecule has 0 saturated carbocycles. The second-order valence-corrected chi connectivity index (χ2v) is 5.40. The quantitative estimate of drug-likeness (QED) is 0.466. The minimum absolute atomic E-state index is 0.220. The largest absolute Gasteiger partial charge is 0.290 e. The summed E-state index contributed by atoms with van der Waals surface area (Å²) in [6.45, 7) is 0.744. The monoisotopic (exact) mass is 260 g/mol. The fraction of sp³-hybridized carbons (Fsp3) is 0.571. The van der Waals surface area contributed by atoms with Gasteiger partial charge in [-0.3, -0.25) is 4.90 Å². The molecule has 5 heteroatoms. The van der Waals surface area contributed by atoms with Gasteiger partial charge in [-0.15, -0.1) is 0 Å². The summed E-state index contributed by atoms with van der Waals surface area (Å²) in [6, 6.07) is 9.93. The molecule has 1 aromatic carbocycles. The zero-order valence-corrected chi connectivity index (χ0v) is 10.7. The molecule has 3 rings (SSSR count). The molecule has 0 N–H and O–H groups in total. The van der Waals surface area contributed by atoms with Crippen molar-refractivity contribution in [1.29, 1.82) is 0 Å². The van der Waals surface area contributed by atoms with Crippen molar-refractivity contribution in [2.45, 2.75) is 50.1 Å². The van der Waals surface area contributed by atoms with E-state index in [1.54, 1.807) is 0 Å². The SMILES string of the molecule is [N-]=[N+]=N[C@H]1CC[C@H]2C[C@H](F)[C@@H]1N2Cc1ccccc1. The van der Waals surface area contributed by atoms with Crippen LogP contribution in [-0.2, 0) is 6.54 Å². The molecule has 2 saturated heterocycles. The highest BCUT2D eigenvalue weighted by atomic mass is 19.1. The molecule has 2 fully saturated rings. The molecule has 2 aliphatic heterocycles. The van der Waals surface area contributed by atoms with Crippen molar-refractivity contribution < 1.29 is 4.39 Å². The lowest BCUT2D eigenvalue weighted by atomic mass is 9.97. The summed E-state index contributed by atoms with van der Waals surface area (Å²) in [7, 11) is 0. The van der Waals surface area contributed by atoms with Gasteiger partial charge in [-0.25, -0.2) is 4.39 Å². The number of alkyl halides is 1. The van der Waals surface area contributed by atoms with Gasteiger partial charge in [0, 0.05) is 23.5 Å². The summed E-state index contributed by atoms with van der Waals surface area (Å²) in [5.41, 5.74) is 9.81. The molecule has 2 heterocycles. The Balaban J connectivity index is 1.82. The van der Waals surface area contributed by atoms with Crippen molar-refractivity contribution >= 4 is 0 Å². The fourth-order valence-corrected chi connectivity index (χ4v) is 3.49. The van der Waals surface area contributed by atoms with E-state index in [0.29, 0.717) is 12.5 Å². The Morgan fingerprint density at radius 2 is 2.11 bits per heavy atom. The molecule has 1 aromatic rings. The third-order valence-corrected chi connectivity index (χ3v) is 4.32. The molecule has 19 heavy (non-hydrogen) atoms. The van der Waals surface area contributed by atoms with E-state index >= 15 is 0 Å². The molecule has 0 radical (unpaired) electrons. The molecular weight excluding hydrogens is 243 g/mol. The summed E-state index contributed by atoms with van der Waals surface area (Å²) >= 11 is 0. The van der Waals surface area contributed by atoms with Gasteiger partial charge in [0.1, 0.15) is 6.17 Å². The third kappa shape index (κ3) is 2.31. The number of rotatable bonds is 3. The Morgan fingerprint density at radius 1 is 1.32 bits per heavy atom. The van der Waals surface area contributed by atoms with E-state index in [-0.39, 0.29) is 12.1 Å². The minimum atomic E-state index is -0.869. The van der Waals surface area contributed by atoms with E-state index in [1.165, 1.54) is 5.56 Å². The zero-order valence-electron chi connectivity index (χ0n) is 10.7. The first kappa shape index (κ1) is 12.5. The lowest BCUT2D eigenvalue weighted by Gasteiger charge is -2.38. The minimum Gasteiger partial charge on any atom is -0.290 e. The van der Waals surface area contributed by atoms with E-state index in [2.05, 4.69) is 27.1 Å². The third-order valence-electron chi connectivity index (χ3n) is 4.32. The van der Waals surface area contributed by atoms with Gasteiger partial charge in [0.25, 0.3) is 0 Å². The summed E-state index contributed by atoms with van der Waals surface area (Å²) in [5, 5.41) is 3.80. The van der Waals surface area contributed by atoms with E-state index in [0.717, 1.165) is 19.4 Å². The second kappa shape index (κ2) is 5.19. The topological polar surface area (TPSA) is 52.0 Å². The second-order valence-electron chi connectivity index (χ2n) is 5.40. The van der Waals surface area contributed by atoms with Crippen molar-refractivity contribution in [3.63, 3.8) is 0 Å². The highest BCUT2D eigenvalue weighted by molar-refractivity contribution is 5.16. The molecule has 100 valence electrons. The number of piperidine rings is 1. The van der Waals surface area contributed by atoms with E-state index < -0.39 is 6.17 Å². The highest BCUT2D eigenvalue weighted by Crippen LogP contribution is 2.39. The molecule has 2 bridgehead atoms. The molecule has 0 aliphatic carbocycles. The van der Waals surface area contributed by atoms with Crippen LogP contribution in [0.2, 0.25) is 0 Å². The Hall–Kier alpha value is -1.58. The van der Waals surface area contributed by atoms with E-state index in [1.807, 2.05) is 18.2 Å². The molecular formula is C14H17FN4. The molecule has 0 unspecified atom stereocenters. The Morgan fingerprint density at radius 3 is 2.84 bits per heavy atom. The summed E-state index contributed by atoms with van der Waals surface area (Å²) in [5.74, 6) is 0. The number of hydrogen-bond acceptors (Lipinski definition) is 2. The van der Waals surface area contributed by atoms with Crippen molar-refractivity contribution in [3.05, 3.63) is 46.3 Å².